The first kappa shape index (κ1) is 16.7. The monoisotopic (exact) mass is 331 g/mol. The summed E-state index contributed by atoms with van der Waals surface area (Å²) in [5, 5.41) is 10.5. The van der Waals surface area contributed by atoms with Crippen LogP contribution >= 0.6 is 0 Å². The third kappa shape index (κ3) is 3.23. The van der Waals surface area contributed by atoms with E-state index in [0.29, 0.717) is 18.5 Å². The number of piperidine rings is 1. The molecule has 1 fully saturated rings. The van der Waals surface area contributed by atoms with Crippen LogP contribution in [-0.2, 0) is 0 Å². The van der Waals surface area contributed by atoms with Crippen molar-refractivity contribution < 1.29 is 18.7 Å². The number of ketones is 1. The fraction of sp³-hybridized carbons (Fsp3) is 0.316. The number of rotatable bonds is 3. The minimum absolute atomic E-state index is 0.233. The lowest BCUT2D eigenvalue weighted by atomic mass is 9.78. The van der Waals surface area contributed by atoms with Gasteiger partial charge >= 0.3 is 0 Å². The lowest BCUT2D eigenvalue weighted by Crippen LogP contribution is -2.47. The summed E-state index contributed by atoms with van der Waals surface area (Å²) >= 11 is 0. The summed E-state index contributed by atoms with van der Waals surface area (Å²) in [4.78, 5) is 14.9. The average Bonchev–Trinajstić information content (AvgIpc) is 2.58. The molecule has 0 aromatic heterocycles. The largest absolute Gasteiger partial charge is 0.392 e. The fourth-order valence-electron chi connectivity index (χ4n) is 3.39. The van der Waals surface area contributed by atoms with E-state index in [1.807, 2.05) is 11.9 Å². The van der Waals surface area contributed by atoms with E-state index in [4.69, 9.17) is 0 Å². The highest BCUT2D eigenvalue weighted by Gasteiger charge is 2.41. The summed E-state index contributed by atoms with van der Waals surface area (Å²) in [7, 11) is 1.88. The maximum absolute atomic E-state index is 13.2. The molecule has 1 heterocycles. The second-order valence-electron chi connectivity index (χ2n) is 6.23. The van der Waals surface area contributed by atoms with Crippen molar-refractivity contribution >= 4 is 5.78 Å². The van der Waals surface area contributed by atoms with E-state index in [0.717, 1.165) is 5.56 Å². The predicted molar refractivity (Wildman–Crippen MR) is 86.6 cm³/mol. The molecule has 1 saturated heterocycles. The summed E-state index contributed by atoms with van der Waals surface area (Å²) in [6, 6.07) is 11.0. The Balaban J connectivity index is 1.98. The second-order valence-corrected chi connectivity index (χ2v) is 6.23. The maximum Gasteiger partial charge on any atom is 0.170 e. The van der Waals surface area contributed by atoms with Crippen LogP contribution in [0.3, 0.4) is 0 Å². The molecule has 2 aromatic carbocycles. The van der Waals surface area contributed by atoms with Gasteiger partial charge in [-0.05, 0) is 55.4 Å². The van der Waals surface area contributed by atoms with E-state index in [1.165, 1.54) is 36.4 Å². The van der Waals surface area contributed by atoms with Gasteiger partial charge in [-0.1, -0.05) is 12.1 Å². The number of hydrogen-bond acceptors (Lipinski definition) is 3. The van der Waals surface area contributed by atoms with Crippen LogP contribution < -0.4 is 0 Å². The molecule has 5 heteroatoms. The van der Waals surface area contributed by atoms with Crippen LogP contribution in [0.1, 0.15) is 28.4 Å². The lowest BCUT2D eigenvalue weighted by Gasteiger charge is -2.41. The zero-order valence-electron chi connectivity index (χ0n) is 13.3. The molecule has 0 bridgehead atoms. The minimum Gasteiger partial charge on any atom is -0.392 e. The predicted octanol–water partition coefficient (Wildman–Crippen LogP) is 3.20. The molecule has 3 unspecified atom stereocenters. The van der Waals surface area contributed by atoms with Gasteiger partial charge in [-0.3, -0.25) is 9.69 Å². The summed E-state index contributed by atoms with van der Waals surface area (Å²) in [6.45, 7) is 0.635. The average molecular weight is 331 g/mol. The molecule has 126 valence electrons. The van der Waals surface area contributed by atoms with Crippen LogP contribution in [0.25, 0.3) is 0 Å². The van der Waals surface area contributed by atoms with Crippen LogP contribution in [0.4, 0.5) is 8.78 Å². The third-order valence-corrected chi connectivity index (χ3v) is 4.65. The molecule has 0 amide bonds. The van der Waals surface area contributed by atoms with Crippen molar-refractivity contribution in [2.24, 2.45) is 5.92 Å². The minimum atomic E-state index is -0.797. The Morgan fingerprint density at radius 3 is 2.17 bits per heavy atom. The van der Waals surface area contributed by atoms with Gasteiger partial charge in [0, 0.05) is 18.2 Å². The van der Waals surface area contributed by atoms with Crippen LogP contribution in [0, 0.1) is 17.6 Å². The molecule has 3 rings (SSSR count). The first-order valence-corrected chi connectivity index (χ1v) is 7.91. The number of hydrogen-bond donors (Lipinski definition) is 1. The van der Waals surface area contributed by atoms with Crippen molar-refractivity contribution in [3.8, 4) is 0 Å². The van der Waals surface area contributed by atoms with Crippen molar-refractivity contribution in [3.05, 3.63) is 71.3 Å². The number of halogens is 2. The Kier molecular flexibility index (Phi) is 4.73. The van der Waals surface area contributed by atoms with Crippen LogP contribution in [0.15, 0.2) is 48.5 Å². The Morgan fingerprint density at radius 2 is 1.58 bits per heavy atom. The SMILES string of the molecule is CN1CCC(O)C(C(=O)c2ccc(F)cc2)C1c1ccc(F)cc1. The molecular weight excluding hydrogens is 312 g/mol. The molecule has 1 N–H and O–H groups in total. The molecule has 24 heavy (non-hydrogen) atoms. The molecule has 0 saturated carbocycles. The van der Waals surface area contributed by atoms with E-state index >= 15 is 0 Å². The highest BCUT2D eigenvalue weighted by molar-refractivity contribution is 5.98. The van der Waals surface area contributed by atoms with E-state index in [-0.39, 0.29) is 17.6 Å². The van der Waals surface area contributed by atoms with Crippen molar-refractivity contribution in [3.63, 3.8) is 0 Å². The maximum atomic E-state index is 13.2. The summed E-state index contributed by atoms with van der Waals surface area (Å²) in [6.07, 6.45) is -0.319. The molecular formula is C19H19F2NO2. The van der Waals surface area contributed by atoms with Crippen LogP contribution in [0.5, 0.6) is 0 Å². The normalized spacial score (nSPS) is 24.8. The number of benzene rings is 2. The zero-order valence-corrected chi connectivity index (χ0v) is 13.3. The molecule has 2 aromatic rings. The van der Waals surface area contributed by atoms with E-state index in [1.54, 1.807) is 12.1 Å². The van der Waals surface area contributed by atoms with Crippen LogP contribution in [0.2, 0.25) is 0 Å². The first-order chi connectivity index (χ1) is 11.5. The van der Waals surface area contributed by atoms with Crippen LogP contribution in [-0.4, -0.2) is 35.5 Å². The van der Waals surface area contributed by atoms with Crippen molar-refractivity contribution in [2.75, 3.05) is 13.6 Å². The zero-order chi connectivity index (χ0) is 17.3. The number of Topliss-reactive ketones (excluding diaryl/α,β-unsaturated/α-hetero) is 1. The number of likely N-dealkylation sites (tertiary alicyclic amines) is 1. The van der Waals surface area contributed by atoms with Crippen molar-refractivity contribution in [2.45, 2.75) is 18.6 Å². The lowest BCUT2D eigenvalue weighted by molar-refractivity contribution is 0.000790. The number of carbonyl (C=O) groups excluding carboxylic acids is 1. The second kappa shape index (κ2) is 6.79. The Labute approximate surface area is 139 Å². The number of aliphatic hydroxyl groups is 1. The molecule has 0 radical (unpaired) electrons. The molecule has 1 aliphatic heterocycles. The van der Waals surface area contributed by atoms with Crippen molar-refractivity contribution in [1.29, 1.82) is 0 Å². The fourth-order valence-corrected chi connectivity index (χ4v) is 3.39. The number of aliphatic hydroxyl groups excluding tert-OH is 1. The quantitative estimate of drug-likeness (QED) is 0.878. The molecule has 1 aliphatic rings. The molecule has 0 aliphatic carbocycles. The first-order valence-electron chi connectivity index (χ1n) is 7.91. The number of nitrogens with zero attached hydrogens (tertiary/aromatic N) is 1. The molecule has 3 nitrogen and oxygen atoms in total. The Hall–Kier alpha value is -2.11. The van der Waals surface area contributed by atoms with Gasteiger partial charge in [0.2, 0.25) is 0 Å². The summed E-state index contributed by atoms with van der Waals surface area (Å²) in [5.41, 5.74) is 1.14. The Morgan fingerprint density at radius 1 is 1.04 bits per heavy atom. The van der Waals surface area contributed by atoms with Gasteiger partial charge in [0.15, 0.2) is 5.78 Å². The van der Waals surface area contributed by atoms with Gasteiger partial charge in [0.1, 0.15) is 11.6 Å². The highest BCUT2D eigenvalue weighted by Crippen LogP contribution is 2.37. The van der Waals surface area contributed by atoms with E-state index < -0.39 is 17.8 Å². The number of carbonyl (C=O) groups is 1. The summed E-state index contributed by atoms with van der Waals surface area (Å²) in [5.74, 6) is -1.68. The van der Waals surface area contributed by atoms with E-state index in [9.17, 15) is 18.7 Å². The van der Waals surface area contributed by atoms with Gasteiger partial charge in [-0.25, -0.2) is 8.78 Å². The topological polar surface area (TPSA) is 40.5 Å². The molecule has 0 spiro atoms. The molecule has 3 atom stereocenters. The standard InChI is InChI=1S/C19H19F2NO2/c1-22-11-10-16(23)17(18(22)12-2-6-14(20)7-3-12)19(24)13-4-8-15(21)9-5-13/h2-9,16-18,23H,10-11H2,1H3. The van der Waals surface area contributed by atoms with E-state index in [2.05, 4.69) is 0 Å². The van der Waals surface area contributed by atoms with Crippen molar-refractivity contribution in [1.82, 2.24) is 4.90 Å². The highest BCUT2D eigenvalue weighted by atomic mass is 19.1. The smallest absolute Gasteiger partial charge is 0.170 e. The van der Waals surface area contributed by atoms with Gasteiger partial charge < -0.3 is 5.11 Å². The van der Waals surface area contributed by atoms with Gasteiger partial charge in [-0.2, -0.15) is 0 Å². The van der Waals surface area contributed by atoms with Gasteiger partial charge in [-0.15, -0.1) is 0 Å². The third-order valence-electron chi connectivity index (χ3n) is 4.65. The van der Waals surface area contributed by atoms with Gasteiger partial charge in [0.25, 0.3) is 0 Å². The Bertz CT molecular complexity index is 715. The summed E-state index contributed by atoms with van der Waals surface area (Å²) < 4.78 is 26.3. The van der Waals surface area contributed by atoms with Gasteiger partial charge in [0.05, 0.1) is 12.0 Å².